The summed E-state index contributed by atoms with van der Waals surface area (Å²) in [5, 5.41) is 9.33. The smallest absolute Gasteiger partial charge is 0.416 e. The van der Waals surface area contributed by atoms with Crippen molar-refractivity contribution in [1.29, 1.82) is 0 Å². The SMILES string of the molecule is CC(C)[C@]1(C(=O)N2CCc3ccc(C(F)(F)F)cc3C2)CC[C@@H](N2CCC(c3cccc(C(=O)O)c3)CC2)C1. The standard InChI is InChI=1S/C31H37F3N2O3/c1-20(2)30(29(39)36-15-11-21-6-7-26(31(32,33)34)17-25(21)19-36)12-8-27(18-30)35-13-9-22(10-14-35)23-4-3-5-24(16-23)28(37)38/h3-7,16-17,20,22,27H,8-15,18-19H2,1-2H3,(H,37,38)/t27-,30+/m1/s1. The first-order valence-corrected chi connectivity index (χ1v) is 14.0. The Balaban J connectivity index is 1.25. The lowest BCUT2D eigenvalue weighted by Crippen LogP contribution is -2.48. The highest BCUT2D eigenvalue weighted by Gasteiger charge is 2.51. The molecule has 0 unspecified atom stereocenters. The number of amides is 1. The van der Waals surface area contributed by atoms with E-state index in [1.807, 2.05) is 12.1 Å². The lowest BCUT2D eigenvalue weighted by atomic mass is 9.73. The van der Waals surface area contributed by atoms with Crippen molar-refractivity contribution in [3.05, 3.63) is 70.3 Å². The molecule has 5 rings (SSSR count). The number of carbonyl (C=O) groups excluding carboxylic acids is 1. The van der Waals surface area contributed by atoms with Crippen molar-refractivity contribution in [3.8, 4) is 0 Å². The van der Waals surface area contributed by atoms with E-state index in [0.717, 1.165) is 62.4 Å². The zero-order valence-electron chi connectivity index (χ0n) is 22.6. The van der Waals surface area contributed by atoms with Crippen LogP contribution in [0.4, 0.5) is 13.2 Å². The van der Waals surface area contributed by atoms with Gasteiger partial charge in [-0.2, -0.15) is 13.2 Å². The van der Waals surface area contributed by atoms with Crippen LogP contribution in [0.5, 0.6) is 0 Å². The first kappa shape index (κ1) is 27.7. The van der Waals surface area contributed by atoms with E-state index in [9.17, 15) is 27.9 Å². The third kappa shape index (κ3) is 5.45. The number of hydrogen-bond acceptors (Lipinski definition) is 3. The number of piperidine rings is 1. The maximum absolute atomic E-state index is 14.0. The number of benzene rings is 2. The highest BCUT2D eigenvalue weighted by molar-refractivity contribution is 5.87. The second kappa shape index (κ2) is 10.6. The lowest BCUT2D eigenvalue weighted by molar-refractivity contribution is -0.146. The number of carboxylic acids is 1. The van der Waals surface area contributed by atoms with E-state index in [-0.39, 0.29) is 18.4 Å². The summed E-state index contributed by atoms with van der Waals surface area (Å²) < 4.78 is 39.9. The van der Waals surface area contributed by atoms with Gasteiger partial charge in [-0.1, -0.05) is 32.0 Å². The summed E-state index contributed by atoms with van der Waals surface area (Å²) in [5.74, 6) is -0.362. The Labute approximate surface area is 228 Å². The predicted molar refractivity (Wildman–Crippen MR) is 142 cm³/mol. The van der Waals surface area contributed by atoms with E-state index in [0.29, 0.717) is 36.1 Å². The molecule has 0 radical (unpaired) electrons. The first-order chi connectivity index (χ1) is 18.5. The number of alkyl halides is 3. The van der Waals surface area contributed by atoms with Crippen molar-refractivity contribution in [2.24, 2.45) is 11.3 Å². The molecule has 210 valence electrons. The summed E-state index contributed by atoms with van der Waals surface area (Å²) in [6, 6.07) is 11.5. The van der Waals surface area contributed by atoms with Crippen LogP contribution in [0.25, 0.3) is 0 Å². The number of aromatic carboxylic acids is 1. The number of fused-ring (bicyclic) bond motifs is 1. The monoisotopic (exact) mass is 542 g/mol. The van der Waals surface area contributed by atoms with Gasteiger partial charge in [-0.3, -0.25) is 4.79 Å². The molecule has 2 atom stereocenters. The van der Waals surface area contributed by atoms with E-state index in [1.54, 1.807) is 23.1 Å². The minimum Gasteiger partial charge on any atom is -0.478 e. The molecule has 1 aliphatic carbocycles. The average Bonchev–Trinajstić information content (AvgIpc) is 3.39. The molecule has 1 saturated heterocycles. The minimum atomic E-state index is -4.40. The quantitative estimate of drug-likeness (QED) is 0.478. The average molecular weight is 543 g/mol. The van der Waals surface area contributed by atoms with Crippen molar-refractivity contribution in [2.75, 3.05) is 19.6 Å². The second-order valence-corrected chi connectivity index (χ2v) is 11.9. The summed E-state index contributed by atoms with van der Waals surface area (Å²) in [6.07, 6.45) is 0.583. The molecule has 2 heterocycles. The summed E-state index contributed by atoms with van der Waals surface area (Å²) in [7, 11) is 0. The van der Waals surface area contributed by atoms with Gasteiger partial charge < -0.3 is 14.9 Å². The number of nitrogens with zero attached hydrogens (tertiary/aromatic N) is 2. The Bertz CT molecular complexity index is 1240. The van der Waals surface area contributed by atoms with Crippen LogP contribution < -0.4 is 0 Å². The molecule has 1 N–H and O–H groups in total. The fraction of sp³-hybridized carbons (Fsp3) is 0.548. The Morgan fingerprint density at radius 2 is 1.74 bits per heavy atom. The predicted octanol–water partition coefficient (Wildman–Crippen LogP) is 6.36. The Hall–Kier alpha value is -2.87. The van der Waals surface area contributed by atoms with Gasteiger partial charge in [0, 0.05) is 19.1 Å². The third-order valence-corrected chi connectivity index (χ3v) is 9.54. The molecular weight excluding hydrogens is 505 g/mol. The first-order valence-electron chi connectivity index (χ1n) is 14.0. The van der Waals surface area contributed by atoms with Gasteiger partial charge in [-0.15, -0.1) is 0 Å². The molecule has 1 saturated carbocycles. The summed E-state index contributed by atoms with van der Waals surface area (Å²) >= 11 is 0. The van der Waals surface area contributed by atoms with Gasteiger partial charge in [0.2, 0.25) is 5.91 Å². The lowest BCUT2D eigenvalue weighted by Gasteiger charge is -2.41. The van der Waals surface area contributed by atoms with Gasteiger partial charge in [0.25, 0.3) is 0 Å². The van der Waals surface area contributed by atoms with Crippen LogP contribution in [-0.2, 0) is 23.9 Å². The normalized spacial score (nSPS) is 24.7. The van der Waals surface area contributed by atoms with Crippen LogP contribution >= 0.6 is 0 Å². The van der Waals surface area contributed by atoms with Crippen molar-refractivity contribution in [1.82, 2.24) is 9.80 Å². The molecule has 2 aromatic rings. The fourth-order valence-corrected chi connectivity index (χ4v) is 7.07. The number of hydrogen-bond donors (Lipinski definition) is 1. The minimum absolute atomic E-state index is 0.0865. The molecule has 0 aromatic heterocycles. The number of likely N-dealkylation sites (tertiary alicyclic amines) is 1. The van der Waals surface area contributed by atoms with Crippen LogP contribution in [0, 0.1) is 11.3 Å². The Kier molecular flexibility index (Phi) is 7.53. The van der Waals surface area contributed by atoms with Gasteiger partial charge >= 0.3 is 12.1 Å². The number of halogens is 3. The molecule has 3 aliphatic rings. The number of carbonyl (C=O) groups is 2. The molecule has 0 spiro atoms. The summed E-state index contributed by atoms with van der Waals surface area (Å²) in [6.45, 7) is 6.79. The zero-order valence-corrected chi connectivity index (χ0v) is 22.6. The largest absolute Gasteiger partial charge is 0.478 e. The maximum Gasteiger partial charge on any atom is 0.416 e. The molecular formula is C31H37F3N2O3. The fourth-order valence-electron chi connectivity index (χ4n) is 7.07. The molecule has 5 nitrogen and oxygen atoms in total. The maximum atomic E-state index is 14.0. The van der Waals surface area contributed by atoms with Crippen molar-refractivity contribution >= 4 is 11.9 Å². The Morgan fingerprint density at radius 1 is 1.00 bits per heavy atom. The third-order valence-electron chi connectivity index (χ3n) is 9.54. The van der Waals surface area contributed by atoms with Crippen LogP contribution in [0.3, 0.4) is 0 Å². The van der Waals surface area contributed by atoms with E-state index < -0.39 is 23.1 Å². The van der Waals surface area contributed by atoms with Crippen molar-refractivity contribution in [3.63, 3.8) is 0 Å². The van der Waals surface area contributed by atoms with Crippen LogP contribution in [0.2, 0.25) is 0 Å². The van der Waals surface area contributed by atoms with Gasteiger partial charge in [0.1, 0.15) is 0 Å². The van der Waals surface area contributed by atoms with Crippen molar-refractivity contribution in [2.45, 2.75) is 77.1 Å². The summed E-state index contributed by atoms with van der Waals surface area (Å²) in [5.41, 5.74) is 1.73. The van der Waals surface area contributed by atoms with Crippen LogP contribution in [-0.4, -0.2) is 52.5 Å². The summed E-state index contributed by atoms with van der Waals surface area (Å²) in [4.78, 5) is 29.7. The second-order valence-electron chi connectivity index (χ2n) is 11.9. The van der Waals surface area contributed by atoms with Gasteiger partial charge in [0.05, 0.1) is 16.5 Å². The van der Waals surface area contributed by atoms with Crippen LogP contribution in [0.15, 0.2) is 42.5 Å². The molecule has 1 amide bonds. The number of carboxylic acid groups (broad SMARTS) is 1. The molecule has 2 aromatic carbocycles. The number of rotatable bonds is 5. The van der Waals surface area contributed by atoms with Gasteiger partial charge in [-0.25, -0.2) is 4.79 Å². The zero-order chi connectivity index (χ0) is 27.9. The highest BCUT2D eigenvalue weighted by atomic mass is 19.4. The van der Waals surface area contributed by atoms with E-state index in [1.165, 1.54) is 6.07 Å². The topological polar surface area (TPSA) is 60.9 Å². The van der Waals surface area contributed by atoms with Gasteiger partial charge in [-0.05, 0) is 104 Å². The van der Waals surface area contributed by atoms with E-state index in [4.69, 9.17) is 0 Å². The van der Waals surface area contributed by atoms with Gasteiger partial charge in [0.15, 0.2) is 0 Å². The van der Waals surface area contributed by atoms with E-state index >= 15 is 0 Å². The molecule has 2 fully saturated rings. The molecule has 2 aliphatic heterocycles. The van der Waals surface area contributed by atoms with Crippen molar-refractivity contribution < 1.29 is 27.9 Å². The van der Waals surface area contributed by atoms with Crippen LogP contribution in [0.1, 0.15) is 84.5 Å². The van der Waals surface area contributed by atoms with E-state index in [2.05, 4.69) is 18.7 Å². The highest BCUT2D eigenvalue weighted by Crippen LogP contribution is 2.49. The Morgan fingerprint density at radius 3 is 2.41 bits per heavy atom. The molecule has 39 heavy (non-hydrogen) atoms. The molecule has 0 bridgehead atoms. The molecule has 8 heteroatoms.